The van der Waals surface area contributed by atoms with Crippen LogP contribution in [0.1, 0.15) is 31.4 Å². The fourth-order valence-corrected chi connectivity index (χ4v) is 2.12. The number of hydrogen-bond donors (Lipinski definition) is 1. The van der Waals surface area contributed by atoms with Gasteiger partial charge in [0, 0.05) is 6.42 Å². The maximum atomic E-state index is 5.67. The summed E-state index contributed by atoms with van der Waals surface area (Å²) >= 11 is 0. The second-order valence-corrected chi connectivity index (χ2v) is 4.39. The number of hydrogen-bond acceptors (Lipinski definition) is 3. The molecule has 0 aliphatic carbocycles. The summed E-state index contributed by atoms with van der Waals surface area (Å²) in [6.45, 7) is 3.66. The van der Waals surface area contributed by atoms with Gasteiger partial charge in [0.25, 0.3) is 0 Å². The summed E-state index contributed by atoms with van der Waals surface area (Å²) in [5.41, 5.74) is 1.18. The topological polar surface area (TPSA) is 30.5 Å². The summed E-state index contributed by atoms with van der Waals surface area (Å²) in [6.07, 6.45) is 4.17. The summed E-state index contributed by atoms with van der Waals surface area (Å²) in [5, 5.41) is 3.29. The van der Waals surface area contributed by atoms with Crippen molar-refractivity contribution in [1.29, 1.82) is 0 Å². The van der Waals surface area contributed by atoms with Crippen LogP contribution in [0.5, 0.6) is 5.75 Å². The van der Waals surface area contributed by atoms with E-state index in [-0.39, 0.29) is 6.04 Å². The van der Waals surface area contributed by atoms with Crippen LogP contribution < -0.4 is 10.1 Å². The molecule has 1 atom stereocenters. The van der Waals surface area contributed by atoms with Crippen LogP contribution in [0.4, 0.5) is 0 Å². The van der Waals surface area contributed by atoms with Gasteiger partial charge in [0.15, 0.2) is 0 Å². The molecule has 1 aromatic carbocycles. The predicted octanol–water partition coefficient (Wildman–Crippen LogP) is 3.04. The number of likely N-dealkylation sites (N-methyl/N-ethyl adjacent to an activating group) is 1. The number of ether oxygens (including phenoxy) is 2. The highest BCUT2D eigenvalue weighted by Crippen LogP contribution is 2.28. The fourth-order valence-electron chi connectivity index (χ4n) is 2.12. The van der Waals surface area contributed by atoms with Crippen LogP contribution in [0.15, 0.2) is 36.1 Å². The molecule has 1 heterocycles. The zero-order valence-corrected chi connectivity index (χ0v) is 11.1. The molecule has 3 nitrogen and oxygen atoms in total. The lowest BCUT2D eigenvalue weighted by Crippen LogP contribution is -2.19. The van der Waals surface area contributed by atoms with E-state index in [2.05, 4.69) is 30.4 Å². The molecule has 0 radical (unpaired) electrons. The van der Waals surface area contributed by atoms with Crippen LogP contribution >= 0.6 is 0 Å². The van der Waals surface area contributed by atoms with Crippen molar-refractivity contribution in [3.8, 4) is 5.75 Å². The maximum absolute atomic E-state index is 5.67. The minimum atomic E-state index is 0.123. The van der Waals surface area contributed by atoms with E-state index >= 15 is 0 Å². The largest absolute Gasteiger partial charge is 0.496 e. The van der Waals surface area contributed by atoms with Crippen LogP contribution in [-0.2, 0) is 4.74 Å². The highest BCUT2D eigenvalue weighted by molar-refractivity contribution is 5.34. The Bertz CT molecular complexity index is 415. The van der Waals surface area contributed by atoms with E-state index in [9.17, 15) is 0 Å². The summed E-state index contributed by atoms with van der Waals surface area (Å²) in [4.78, 5) is 0. The molecular weight excluding hydrogens is 226 g/mol. The van der Waals surface area contributed by atoms with Crippen molar-refractivity contribution in [2.24, 2.45) is 0 Å². The Kier molecular flexibility index (Phi) is 4.65. The van der Waals surface area contributed by atoms with Crippen molar-refractivity contribution >= 4 is 0 Å². The van der Waals surface area contributed by atoms with Gasteiger partial charge in [0.1, 0.15) is 11.5 Å². The van der Waals surface area contributed by atoms with Crippen molar-refractivity contribution < 1.29 is 9.47 Å². The zero-order valence-electron chi connectivity index (χ0n) is 11.1. The second kappa shape index (κ2) is 6.45. The SMILES string of the molecule is CCCOc1cccc(C(NC)C2=CCCO2)c1. The Morgan fingerprint density at radius 3 is 3.00 bits per heavy atom. The third-order valence-electron chi connectivity index (χ3n) is 2.97. The second-order valence-electron chi connectivity index (χ2n) is 4.39. The monoisotopic (exact) mass is 247 g/mol. The van der Waals surface area contributed by atoms with Crippen molar-refractivity contribution in [2.45, 2.75) is 25.8 Å². The first-order chi connectivity index (χ1) is 8.85. The number of nitrogens with one attached hydrogen (secondary N) is 1. The van der Waals surface area contributed by atoms with Crippen molar-refractivity contribution in [3.63, 3.8) is 0 Å². The predicted molar refractivity (Wildman–Crippen MR) is 72.7 cm³/mol. The molecule has 18 heavy (non-hydrogen) atoms. The van der Waals surface area contributed by atoms with E-state index < -0.39 is 0 Å². The van der Waals surface area contributed by atoms with Gasteiger partial charge >= 0.3 is 0 Å². The van der Waals surface area contributed by atoms with Crippen LogP contribution in [0.3, 0.4) is 0 Å². The molecule has 1 unspecified atom stereocenters. The highest BCUT2D eigenvalue weighted by Gasteiger charge is 2.19. The lowest BCUT2D eigenvalue weighted by Gasteiger charge is -2.18. The number of rotatable bonds is 6. The Hall–Kier alpha value is -1.48. The Morgan fingerprint density at radius 2 is 2.33 bits per heavy atom. The summed E-state index contributed by atoms with van der Waals surface area (Å²) in [5.74, 6) is 1.94. The van der Waals surface area contributed by atoms with Gasteiger partial charge in [-0.2, -0.15) is 0 Å². The van der Waals surface area contributed by atoms with Crippen LogP contribution in [0.25, 0.3) is 0 Å². The van der Waals surface area contributed by atoms with Gasteiger partial charge in [0.05, 0.1) is 19.3 Å². The van der Waals surface area contributed by atoms with Crippen molar-refractivity contribution in [3.05, 3.63) is 41.7 Å². The molecule has 0 amide bonds. The van der Waals surface area contributed by atoms with Gasteiger partial charge in [0.2, 0.25) is 0 Å². The van der Waals surface area contributed by atoms with E-state index in [4.69, 9.17) is 9.47 Å². The summed E-state index contributed by atoms with van der Waals surface area (Å²) in [6, 6.07) is 8.33. The lowest BCUT2D eigenvalue weighted by molar-refractivity contribution is 0.218. The molecule has 0 fully saturated rings. The average molecular weight is 247 g/mol. The Balaban J connectivity index is 2.14. The molecule has 0 saturated carbocycles. The first-order valence-corrected chi connectivity index (χ1v) is 6.58. The standard InChI is InChI=1S/C15H21NO2/c1-3-9-17-13-7-4-6-12(11-13)15(16-2)14-8-5-10-18-14/h4,6-8,11,15-16H,3,5,9-10H2,1-2H3. The molecule has 1 aliphatic heterocycles. The van der Waals surface area contributed by atoms with Crippen LogP contribution in [0, 0.1) is 0 Å². The fraction of sp³-hybridized carbons (Fsp3) is 0.467. The van der Waals surface area contributed by atoms with Crippen LogP contribution in [0.2, 0.25) is 0 Å². The molecule has 0 spiro atoms. The molecular formula is C15H21NO2. The van der Waals surface area contributed by atoms with Gasteiger partial charge in [-0.1, -0.05) is 19.1 Å². The molecule has 1 aromatic rings. The Labute approximate surface area is 109 Å². The summed E-state index contributed by atoms with van der Waals surface area (Å²) in [7, 11) is 1.95. The molecule has 0 bridgehead atoms. The van der Waals surface area contributed by atoms with E-state index in [0.717, 1.165) is 37.6 Å². The molecule has 1 N–H and O–H groups in total. The first-order valence-electron chi connectivity index (χ1n) is 6.58. The molecule has 1 aliphatic rings. The van der Waals surface area contributed by atoms with Gasteiger partial charge in [-0.15, -0.1) is 0 Å². The van der Waals surface area contributed by atoms with Gasteiger partial charge in [-0.05, 0) is 37.2 Å². The van der Waals surface area contributed by atoms with E-state index in [1.807, 2.05) is 19.2 Å². The van der Waals surface area contributed by atoms with Crippen molar-refractivity contribution in [2.75, 3.05) is 20.3 Å². The summed E-state index contributed by atoms with van der Waals surface area (Å²) < 4.78 is 11.3. The lowest BCUT2D eigenvalue weighted by atomic mass is 10.0. The van der Waals surface area contributed by atoms with E-state index in [1.165, 1.54) is 5.56 Å². The minimum Gasteiger partial charge on any atom is -0.496 e. The smallest absolute Gasteiger partial charge is 0.119 e. The third kappa shape index (κ3) is 3.05. The minimum absolute atomic E-state index is 0.123. The van der Waals surface area contributed by atoms with Gasteiger partial charge in [-0.3, -0.25) is 0 Å². The van der Waals surface area contributed by atoms with E-state index in [1.54, 1.807) is 0 Å². The van der Waals surface area contributed by atoms with Gasteiger partial charge in [-0.25, -0.2) is 0 Å². The van der Waals surface area contributed by atoms with E-state index in [0.29, 0.717) is 0 Å². The molecule has 98 valence electrons. The number of benzene rings is 1. The zero-order chi connectivity index (χ0) is 12.8. The molecule has 3 heteroatoms. The molecule has 0 saturated heterocycles. The first kappa shape index (κ1) is 13.0. The third-order valence-corrected chi connectivity index (χ3v) is 2.97. The average Bonchev–Trinajstić information content (AvgIpc) is 2.92. The van der Waals surface area contributed by atoms with Gasteiger partial charge < -0.3 is 14.8 Å². The van der Waals surface area contributed by atoms with Crippen molar-refractivity contribution in [1.82, 2.24) is 5.32 Å². The normalized spacial score (nSPS) is 16.0. The maximum Gasteiger partial charge on any atom is 0.119 e. The highest BCUT2D eigenvalue weighted by atomic mass is 16.5. The molecule has 0 aromatic heterocycles. The Morgan fingerprint density at radius 1 is 1.44 bits per heavy atom. The quantitative estimate of drug-likeness (QED) is 0.838. The van der Waals surface area contributed by atoms with Crippen LogP contribution in [-0.4, -0.2) is 20.3 Å². The molecule has 2 rings (SSSR count).